The van der Waals surface area contributed by atoms with E-state index >= 15 is 0 Å². The molecule has 0 aliphatic carbocycles. The van der Waals surface area contributed by atoms with Crippen LogP contribution in [0.15, 0.2) is 42.7 Å². The monoisotopic (exact) mass is 423 g/mol. The summed E-state index contributed by atoms with van der Waals surface area (Å²) >= 11 is 2.16. The average Bonchev–Trinajstić information content (AvgIpc) is 2.56. The highest BCUT2D eigenvalue weighted by Gasteiger charge is 2.11. The zero-order chi connectivity index (χ0) is 16.7. The first kappa shape index (κ1) is 17.4. The molecule has 0 saturated heterocycles. The van der Waals surface area contributed by atoms with Crippen molar-refractivity contribution >= 4 is 34.4 Å². The summed E-state index contributed by atoms with van der Waals surface area (Å²) < 4.78 is 0.935. The van der Waals surface area contributed by atoms with Crippen LogP contribution in [0.1, 0.15) is 27.9 Å². The van der Waals surface area contributed by atoms with Gasteiger partial charge in [0.05, 0.1) is 5.56 Å². The Morgan fingerprint density at radius 1 is 1.13 bits per heavy atom. The van der Waals surface area contributed by atoms with Crippen LogP contribution in [0.3, 0.4) is 0 Å². The topological polar surface area (TPSA) is 71.1 Å². The van der Waals surface area contributed by atoms with Crippen molar-refractivity contribution in [2.75, 3.05) is 6.54 Å². The van der Waals surface area contributed by atoms with Crippen molar-refractivity contribution in [1.29, 1.82) is 0 Å². The first-order valence-corrected chi connectivity index (χ1v) is 8.34. The molecule has 1 aromatic heterocycles. The Morgan fingerprint density at radius 2 is 1.87 bits per heavy atom. The van der Waals surface area contributed by atoms with E-state index in [1.807, 2.05) is 31.2 Å². The minimum atomic E-state index is -0.153. The maximum atomic E-state index is 12.1. The van der Waals surface area contributed by atoms with Crippen LogP contribution in [0.2, 0.25) is 0 Å². The van der Waals surface area contributed by atoms with Crippen LogP contribution in [0, 0.1) is 10.5 Å². The van der Waals surface area contributed by atoms with Crippen LogP contribution in [-0.4, -0.2) is 23.3 Å². The van der Waals surface area contributed by atoms with Gasteiger partial charge in [-0.25, -0.2) is 0 Å². The number of benzene rings is 1. The highest BCUT2D eigenvalue weighted by molar-refractivity contribution is 14.1. The number of nitrogens with zero attached hydrogens (tertiary/aromatic N) is 1. The molecule has 2 N–H and O–H groups in total. The number of aromatic nitrogens is 1. The molecule has 0 aliphatic rings. The number of pyridine rings is 1. The van der Waals surface area contributed by atoms with Crippen LogP contribution in [-0.2, 0) is 11.3 Å². The predicted molar refractivity (Wildman–Crippen MR) is 96.9 cm³/mol. The molecule has 0 unspecified atom stereocenters. The van der Waals surface area contributed by atoms with Crippen LogP contribution >= 0.6 is 22.6 Å². The van der Waals surface area contributed by atoms with Gasteiger partial charge >= 0.3 is 0 Å². The van der Waals surface area contributed by atoms with Crippen molar-refractivity contribution in [3.63, 3.8) is 0 Å². The molecule has 1 heterocycles. The highest BCUT2D eigenvalue weighted by Crippen LogP contribution is 2.16. The highest BCUT2D eigenvalue weighted by atomic mass is 127. The van der Waals surface area contributed by atoms with Gasteiger partial charge in [0.25, 0.3) is 5.91 Å². The van der Waals surface area contributed by atoms with E-state index < -0.39 is 0 Å². The zero-order valence-electron chi connectivity index (χ0n) is 12.8. The van der Waals surface area contributed by atoms with Crippen LogP contribution in [0.5, 0.6) is 0 Å². The van der Waals surface area contributed by atoms with Gasteiger partial charge < -0.3 is 10.6 Å². The van der Waals surface area contributed by atoms with Gasteiger partial charge in [-0.1, -0.05) is 12.1 Å². The SMILES string of the molecule is Cc1cccc(C(=O)NCCC(=O)NCc2ccncc2)c1I. The summed E-state index contributed by atoms with van der Waals surface area (Å²) in [7, 11) is 0. The lowest BCUT2D eigenvalue weighted by Gasteiger charge is -2.09. The van der Waals surface area contributed by atoms with E-state index in [4.69, 9.17) is 0 Å². The molecule has 2 rings (SSSR count). The molecule has 2 aromatic rings. The van der Waals surface area contributed by atoms with Crippen molar-refractivity contribution in [3.8, 4) is 0 Å². The first-order valence-electron chi connectivity index (χ1n) is 7.27. The Labute approximate surface area is 149 Å². The Balaban J connectivity index is 1.75. The Hall–Kier alpha value is -1.96. The molecule has 5 nitrogen and oxygen atoms in total. The molecule has 6 heteroatoms. The van der Waals surface area contributed by atoms with Gasteiger partial charge in [0.15, 0.2) is 0 Å². The molecule has 0 atom stereocenters. The first-order chi connectivity index (χ1) is 11.1. The number of aryl methyl sites for hydroxylation is 1. The third-order valence-corrected chi connectivity index (χ3v) is 4.74. The predicted octanol–water partition coefficient (Wildman–Crippen LogP) is 2.43. The fraction of sp³-hybridized carbons (Fsp3) is 0.235. The van der Waals surface area contributed by atoms with Crippen molar-refractivity contribution < 1.29 is 9.59 Å². The number of hydrogen-bond donors (Lipinski definition) is 2. The molecule has 2 amide bonds. The molecule has 120 valence electrons. The second-order valence-corrected chi connectivity index (χ2v) is 6.15. The van der Waals surface area contributed by atoms with Gasteiger partial charge in [0.2, 0.25) is 5.91 Å². The lowest BCUT2D eigenvalue weighted by molar-refractivity contribution is -0.121. The second-order valence-electron chi connectivity index (χ2n) is 5.07. The number of rotatable bonds is 6. The minimum Gasteiger partial charge on any atom is -0.352 e. The van der Waals surface area contributed by atoms with E-state index in [0.29, 0.717) is 18.7 Å². The molecule has 0 saturated carbocycles. The summed E-state index contributed by atoms with van der Waals surface area (Å²) in [4.78, 5) is 27.8. The second kappa shape index (κ2) is 8.61. The fourth-order valence-electron chi connectivity index (χ4n) is 2.00. The number of carbonyl (C=O) groups excluding carboxylic acids is 2. The maximum Gasteiger partial charge on any atom is 0.252 e. The van der Waals surface area contributed by atoms with Crippen molar-refractivity contribution in [1.82, 2.24) is 15.6 Å². The van der Waals surface area contributed by atoms with Gasteiger partial charge in [0.1, 0.15) is 0 Å². The third kappa shape index (κ3) is 5.31. The molecule has 0 fully saturated rings. The van der Waals surface area contributed by atoms with Gasteiger partial charge in [-0.15, -0.1) is 0 Å². The summed E-state index contributed by atoms with van der Waals surface area (Å²) in [6, 6.07) is 9.30. The molecule has 0 radical (unpaired) electrons. The zero-order valence-corrected chi connectivity index (χ0v) is 15.0. The lowest BCUT2D eigenvalue weighted by atomic mass is 10.1. The van der Waals surface area contributed by atoms with E-state index in [9.17, 15) is 9.59 Å². The minimum absolute atomic E-state index is 0.0962. The number of nitrogens with one attached hydrogen (secondary N) is 2. The summed E-state index contributed by atoms with van der Waals surface area (Å²) in [5.41, 5.74) is 2.70. The van der Waals surface area contributed by atoms with Gasteiger partial charge in [-0.2, -0.15) is 0 Å². The molecular formula is C17H18IN3O2. The molecular weight excluding hydrogens is 405 g/mol. The van der Waals surface area contributed by atoms with E-state index in [-0.39, 0.29) is 18.2 Å². The summed E-state index contributed by atoms with van der Waals surface area (Å²) in [5, 5.41) is 5.59. The number of carbonyl (C=O) groups is 2. The van der Waals surface area contributed by atoms with Crippen molar-refractivity contribution in [3.05, 3.63) is 63.0 Å². The quantitative estimate of drug-likeness (QED) is 0.702. The van der Waals surface area contributed by atoms with E-state index in [0.717, 1.165) is 14.7 Å². The average molecular weight is 423 g/mol. The summed E-state index contributed by atoms with van der Waals surface area (Å²) in [6.07, 6.45) is 3.62. The largest absolute Gasteiger partial charge is 0.352 e. The maximum absolute atomic E-state index is 12.1. The molecule has 23 heavy (non-hydrogen) atoms. The lowest BCUT2D eigenvalue weighted by Crippen LogP contribution is -2.31. The molecule has 0 spiro atoms. The third-order valence-electron chi connectivity index (χ3n) is 3.31. The number of hydrogen-bond acceptors (Lipinski definition) is 3. The molecule has 0 aliphatic heterocycles. The number of halogens is 1. The van der Waals surface area contributed by atoms with Crippen LogP contribution < -0.4 is 10.6 Å². The van der Waals surface area contributed by atoms with Gasteiger partial charge in [-0.05, 0) is 58.8 Å². The van der Waals surface area contributed by atoms with Gasteiger partial charge in [-0.3, -0.25) is 14.6 Å². The van der Waals surface area contributed by atoms with E-state index in [1.54, 1.807) is 18.5 Å². The molecule has 1 aromatic carbocycles. The van der Waals surface area contributed by atoms with E-state index in [2.05, 4.69) is 38.2 Å². The van der Waals surface area contributed by atoms with Crippen molar-refractivity contribution in [2.45, 2.75) is 19.9 Å². The smallest absolute Gasteiger partial charge is 0.252 e. The Bertz CT molecular complexity index is 689. The standard InChI is InChI=1S/C17H18IN3O2/c1-12-3-2-4-14(16(12)18)17(23)20-10-7-15(22)21-11-13-5-8-19-9-6-13/h2-6,8-9H,7,10-11H2,1H3,(H,20,23)(H,21,22). The molecule has 0 bridgehead atoms. The summed E-state index contributed by atoms with van der Waals surface area (Å²) in [5.74, 6) is -0.249. The Kier molecular flexibility index (Phi) is 6.52. The summed E-state index contributed by atoms with van der Waals surface area (Å²) in [6.45, 7) is 2.74. The Morgan fingerprint density at radius 3 is 2.61 bits per heavy atom. The van der Waals surface area contributed by atoms with Crippen molar-refractivity contribution in [2.24, 2.45) is 0 Å². The van der Waals surface area contributed by atoms with Gasteiger partial charge in [0, 0.05) is 35.5 Å². The van der Waals surface area contributed by atoms with E-state index in [1.165, 1.54) is 0 Å². The van der Waals surface area contributed by atoms with Crippen LogP contribution in [0.4, 0.5) is 0 Å². The number of amides is 2. The van der Waals surface area contributed by atoms with Crippen LogP contribution in [0.25, 0.3) is 0 Å². The fourth-order valence-corrected chi connectivity index (χ4v) is 2.60. The normalized spacial score (nSPS) is 10.2.